The second kappa shape index (κ2) is 6.09. The van der Waals surface area contributed by atoms with Gasteiger partial charge in [-0.2, -0.15) is 0 Å². The van der Waals surface area contributed by atoms with Gasteiger partial charge in [0, 0.05) is 11.7 Å². The summed E-state index contributed by atoms with van der Waals surface area (Å²) in [7, 11) is 0. The normalized spacial score (nSPS) is 22.9. The van der Waals surface area contributed by atoms with Crippen LogP contribution in [0.1, 0.15) is 64.1 Å². The SMILES string of the molecule is Cc1ccc2nc(NC(=O)C[C@H]3CCC(C)(C)O3)n(C3CCC3)c2n1. The van der Waals surface area contributed by atoms with Gasteiger partial charge in [0.1, 0.15) is 5.52 Å². The largest absolute Gasteiger partial charge is 0.372 e. The van der Waals surface area contributed by atoms with Crippen molar-refractivity contribution in [3.05, 3.63) is 17.8 Å². The number of aryl methyl sites for hydroxylation is 1. The molecule has 6 heteroatoms. The van der Waals surface area contributed by atoms with E-state index >= 15 is 0 Å². The van der Waals surface area contributed by atoms with Gasteiger partial charge in [-0.1, -0.05) is 0 Å². The Morgan fingerprint density at radius 1 is 1.32 bits per heavy atom. The second-order valence-electron chi connectivity index (χ2n) is 7.98. The van der Waals surface area contributed by atoms with Crippen LogP contribution in [0, 0.1) is 6.92 Å². The Bertz CT molecular complexity index is 807. The monoisotopic (exact) mass is 342 g/mol. The molecule has 1 aliphatic carbocycles. The van der Waals surface area contributed by atoms with E-state index in [-0.39, 0.29) is 17.6 Å². The lowest BCUT2D eigenvalue weighted by atomic mass is 9.93. The summed E-state index contributed by atoms with van der Waals surface area (Å²) in [5, 5.41) is 3.02. The second-order valence-corrected chi connectivity index (χ2v) is 7.98. The Kier molecular flexibility index (Phi) is 4.02. The van der Waals surface area contributed by atoms with Gasteiger partial charge >= 0.3 is 0 Å². The van der Waals surface area contributed by atoms with Gasteiger partial charge in [-0.05, 0) is 65.0 Å². The van der Waals surface area contributed by atoms with E-state index in [1.807, 2.05) is 19.1 Å². The molecule has 0 aromatic carbocycles. The molecule has 2 aromatic heterocycles. The molecule has 2 aromatic rings. The van der Waals surface area contributed by atoms with Gasteiger partial charge in [-0.3, -0.25) is 14.7 Å². The highest BCUT2D eigenvalue weighted by atomic mass is 16.5. The third-order valence-corrected chi connectivity index (χ3v) is 5.33. The van der Waals surface area contributed by atoms with Crippen LogP contribution in [-0.4, -0.2) is 32.1 Å². The van der Waals surface area contributed by atoms with Crippen LogP contribution >= 0.6 is 0 Å². The fraction of sp³-hybridized carbons (Fsp3) is 0.632. The van der Waals surface area contributed by atoms with Crippen molar-refractivity contribution >= 4 is 23.0 Å². The van der Waals surface area contributed by atoms with Gasteiger partial charge in [0.15, 0.2) is 5.65 Å². The number of carbonyl (C=O) groups excluding carboxylic acids is 1. The maximum atomic E-state index is 12.5. The lowest BCUT2D eigenvalue weighted by Gasteiger charge is -2.28. The van der Waals surface area contributed by atoms with Crippen LogP contribution in [0.5, 0.6) is 0 Å². The number of nitrogens with one attached hydrogen (secondary N) is 1. The molecule has 2 fully saturated rings. The van der Waals surface area contributed by atoms with Crippen molar-refractivity contribution in [3.63, 3.8) is 0 Å². The molecule has 1 atom stereocenters. The molecule has 0 spiro atoms. The molecule has 0 bridgehead atoms. The van der Waals surface area contributed by atoms with E-state index in [1.54, 1.807) is 0 Å². The number of fused-ring (bicyclic) bond motifs is 1. The average Bonchev–Trinajstić information content (AvgIpc) is 2.98. The fourth-order valence-electron chi connectivity index (χ4n) is 3.75. The molecular formula is C19H26N4O2. The molecule has 1 saturated carbocycles. The third-order valence-electron chi connectivity index (χ3n) is 5.33. The lowest BCUT2D eigenvalue weighted by Crippen LogP contribution is -2.26. The molecule has 134 valence electrons. The first kappa shape index (κ1) is 16.5. The number of hydrogen-bond acceptors (Lipinski definition) is 4. The molecule has 1 amide bonds. The lowest BCUT2D eigenvalue weighted by molar-refractivity contribution is -0.119. The first-order chi connectivity index (χ1) is 11.9. The Hall–Kier alpha value is -1.95. The Morgan fingerprint density at radius 3 is 2.76 bits per heavy atom. The van der Waals surface area contributed by atoms with Gasteiger partial charge in [0.2, 0.25) is 11.9 Å². The van der Waals surface area contributed by atoms with Crippen molar-refractivity contribution in [3.8, 4) is 0 Å². The van der Waals surface area contributed by atoms with E-state index in [2.05, 4.69) is 33.7 Å². The van der Waals surface area contributed by atoms with Crippen molar-refractivity contribution in [2.75, 3.05) is 5.32 Å². The highest BCUT2D eigenvalue weighted by Crippen LogP contribution is 2.37. The summed E-state index contributed by atoms with van der Waals surface area (Å²) in [6, 6.07) is 4.32. The summed E-state index contributed by atoms with van der Waals surface area (Å²) >= 11 is 0. The number of anilines is 1. The topological polar surface area (TPSA) is 69.0 Å². The predicted molar refractivity (Wildman–Crippen MR) is 96.6 cm³/mol. The van der Waals surface area contributed by atoms with E-state index in [4.69, 9.17) is 4.74 Å². The Morgan fingerprint density at radius 2 is 2.12 bits per heavy atom. The number of carbonyl (C=O) groups is 1. The summed E-state index contributed by atoms with van der Waals surface area (Å²) in [5.74, 6) is 0.593. The van der Waals surface area contributed by atoms with Crippen molar-refractivity contribution in [1.82, 2.24) is 14.5 Å². The number of aromatic nitrogens is 3. The fourth-order valence-corrected chi connectivity index (χ4v) is 3.75. The molecule has 6 nitrogen and oxygen atoms in total. The van der Waals surface area contributed by atoms with Gasteiger partial charge in [0.05, 0.1) is 18.1 Å². The molecule has 3 heterocycles. The number of hydrogen-bond donors (Lipinski definition) is 1. The van der Waals surface area contributed by atoms with Gasteiger partial charge in [0.25, 0.3) is 0 Å². The molecule has 4 rings (SSSR count). The van der Waals surface area contributed by atoms with Crippen molar-refractivity contribution in [1.29, 1.82) is 0 Å². The predicted octanol–water partition coefficient (Wildman–Crippen LogP) is 3.75. The number of nitrogens with zero attached hydrogens (tertiary/aromatic N) is 3. The maximum Gasteiger partial charge on any atom is 0.229 e. The minimum atomic E-state index is -0.120. The zero-order chi connectivity index (χ0) is 17.6. The quantitative estimate of drug-likeness (QED) is 0.919. The minimum Gasteiger partial charge on any atom is -0.372 e. The highest BCUT2D eigenvalue weighted by Gasteiger charge is 2.33. The summed E-state index contributed by atoms with van der Waals surface area (Å²) < 4.78 is 8.06. The maximum absolute atomic E-state index is 12.5. The Balaban J connectivity index is 1.55. The Labute approximate surface area is 148 Å². The first-order valence-corrected chi connectivity index (χ1v) is 9.24. The zero-order valence-corrected chi connectivity index (χ0v) is 15.2. The molecule has 25 heavy (non-hydrogen) atoms. The summed E-state index contributed by atoms with van der Waals surface area (Å²) in [6.45, 7) is 6.14. The van der Waals surface area contributed by atoms with Crippen LogP contribution in [0.3, 0.4) is 0 Å². The van der Waals surface area contributed by atoms with Crippen LogP contribution in [0.4, 0.5) is 5.95 Å². The van der Waals surface area contributed by atoms with E-state index in [0.29, 0.717) is 18.4 Å². The van der Waals surface area contributed by atoms with E-state index in [0.717, 1.165) is 42.5 Å². The van der Waals surface area contributed by atoms with E-state index < -0.39 is 0 Å². The van der Waals surface area contributed by atoms with Gasteiger partial charge in [-0.25, -0.2) is 9.97 Å². The van der Waals surface area contributed by atoms with Crippen molar-refractivity contribution in [2.24, 2.45) is 0 Å². The zero-order valence-electron chi connectivity index (χ0n) is 15.2. The number of ether oxygens (including phenoxy) is 1. The number of pyridine rings is 1. The number of imidazole rings is 1. The van der Waals surface area contributed by atoms with Crippen molar-refractivity contribution in [2.45, 2.75) is 77.0 Å². The van der Waals surface area contributed by atoms with Crippen LogP contribution in [0.25, 0.3) is 11.2 Å². The standard InChI is InChI=1S/C19H26N4O2/c1-12-7-8-15-17(20-12)23(13-5-4-6-13)18(21-15)22-16(24)11-14-9-10-19(2,3)25-14/h7-8,13-14H,4-6,9-11H2,1-3H3,(H,21,22,24)/t14-/m1/s1. The first-order valence-electron chi connectivity index (χ1n) is 9.24. The van der Waals surface area contributed by atoms with Crippen LogP contribution in [0.2, 0.25) is 0 Å². The summed E-state index contributed by atoms with van der Waals surface area (Å²) in [5.41, 5.74) is 2.56. The molecule has 0 radical (unpaired) electrons. The molecule has 1 saturated heterocycles. The van der Waals surface area contributed by atoms with Crippen LogP contribution in [-0.2, 0) is 9.53 Å². The smallest absolute Gasteiger partial charge is 0.229 e. The van der Waals surface area contributed by atoms with Gasteiger partial charge < -0.3 is 4.74 Å². The van der Waals surface area contributed by atoms with Crippen LogP contribution < -0.4 is 5.32 Å². The molecular weight excluding hydrogens is 316 g/mol. The van der Waals surface area contributed by atoms with E-state index in [1.165, 1.54) is 6.42 Å². The molecule has 0 unspecified atom stereocenters. The van der Waals surface area contributed by atoms with E-state index in [9.17, 15) is 4.79 Å². The van der Waals surface area contributed by atoms with Gasteiger partial charge in [-0.15, -0.1) is 0 Å². The third kappa shape index (κ3) is 3.27. The number of amides is 1. The molecule has 1 N–H and O–H groups in total. The summed E-state index contributed by atoms with van der Waals surface area (Å²) in [4.78, 5) is 21.8. The highest BCUT2D eigenvalue weighted by molar-refractivity contribution is 5.91. The van der Waals surface area contributed by atoms with Crippen LogP contribution in [0.15, 0.2) is 12.1 Å². The van der Waals surface area contributed by atoms with Crippen molar-refractivity contribution < 1.29 is 9.53 Å². The minimum absolute atomic E-state index is 0.00287. The number of rotatable bonds is 4. The average molecular weight is 342 g/mol. The summed E-state index contributed by atoms with van der Waals surface area (Å²) in [6.07, 6.45) is 5.75. The molecule has 1 aliphatic heterocycles. The molecule has 2 aliphatic rings.